The zero-order chi connectivity index (χ0) is 10.7. The third-order valence-electron chi connectivity index (χ3n) is 2.58. The minimum atomic E-state index is 0.482. The summed E-state index contributed by atoms with van der Waals surface area (Å²) >= 11 is 7.56. The summed E-state index contributed by atoms with van der Waals surface area (Å²) in [5.41, 5.74) is 0. The number of morpholine rings is 1. The van der Waals surface area contributed by atoms with E-state index in [9.17, 15) is 0 Å². The molecule has 1 aliphatic heterocycles. The molecule has 2 atom stereocenters. The fraction of sp³-hybridized carbons (Fsp3) is 0.636. The second-order valence-electron chi connectivity index (χ2n) is 4.05. The first-order chi connectivity index (χ1) is 7.24. The van der Waals surface area contributed by atoms with Crippen molar-refractivity contribution in [3.05, 3.63) is 21.3 Å². The maximum atomic E-state index is 5.88. The summed E-state index contributed by atoms with van der Waals surface area (Å²) in [6.45, 7) is 3.83. The molecule has 1 saturated heterocycles. The zero-order valence-electron chi connectivity index (χ0n) is 8.83. The molecule has 1 aromatic rings. The first kappa shape index (κ1) is 11.4. The van der Waals surface area contributed by atoms with Gasteiger partial charge in [-0.1, -0.05) is 11.6 Å². The van der Waals surface area contributed by atoms with E-state index in [0.29, 0.717) is 12.1 Å². The van der Waals surface area contributed by atoms with Gasteiger partial charge >= 0.3 is 0 Å². The fourth-order valence-electron chi connectivity index (χ4n) is 1.85. The molecule has 4 heteroatoms. The summed E-state index contributed by atoms with van der Waals surface area (Å²) < 4.78 is 6.38. The predicted octanol–water partition coefficient (Wildman–Crippen LogP) is 2.71. The van der Waals surface area contributed by atoms with Crippen LogP contribution in [0.25, 0.3) is 0 Å². The van der Waals surface area contributed by atoms with Crippen LogP contribution in [0, 0.1) is 0 Å². The number of rotatable bonds is 3. The Morgan fingerprint density at radius 3 is 3.07 bits per heavy atom. The number of thiophene rings is 1. The zero-order valence-corrected chi connectivity index (χ0v) is 10.4. The van der Waals surface area contributed by atoms with Crippen LogP contribution in [0.15, 0.2) is 12.1 Å². The highest BCUT2D eigenvalue weighted by Crippen LogP contribution is 2.23. The van der Waals surface area contributed by atoms with Crippen LogP contribution in [0.5, 0.6) is 0 Å². The Balaban J connectivity index is 1.77. The molecule has 1 fully saturated rings. The maximum Gasteiger partial charge on any atom is 0.0931 e. The van der Waals surface area contributed by atoms with E-state index in [0.717, 1.165) is 30.4 Å². The average molecular weight is 246 g/mol. The van der Waals surface area contributed by atoms with Crippen molar-refractivity contribution in [1.29, 1.82) is 0 Å². The van der Waals surface area contributed by atoms with Crippen LogP contribution in [0.1, 0.15) is 18.2 Å². The van der Waals surface area contributed by atoms with Gasteiger partial charge in [-0.3, -0.25) is 0 Å². The Morgan fingerprint density at radius 1 is 1.53 bits per heavy atom. The van der Waals surface area contributed by atoms with Crippen molar-refractivity contribution >= 4 is 22.9 Å². The molecule has 0 saturated carbocycles. The number of hydrogen-bond donors (Lipinski definition) is 1. The van der Waals surface area contributed by atoms with E-state index in [1.165, 1.54) is 4.88 Å². The molecule has 15 heavy (non-hydrogen) atoms. The van der Waals surface area contributed by atoms with E-state index in [4.69, 9.17) is 16.3 Å². The van der Waals surface area contributed by atoms with Gasteiger partial charge in [0.25, 0.3) is 0 Å². The summed E-state index contributed by atoms with van der Waals surface area (Å²) in [6.07, 6.45) is 2.21. The highest BCUT2D eigenvalue weighted by molar-refractivity contribution is 7.16. The molecular formula is C11H16ClNOS. The molecule has 0 bridgehead atoms. The van der Waals surface area contributed by atoms with E-state index in [2.05, 4.69) is 18.3 Å². The molecule has 2 unspecified atom stereocenters. The summed E-state index contributed by atoms with van der Waals surface area (Å²) in [5, 5.41) is 3.54. The van der Waals surface area contributed by atoms with Crippen molar-refractivity contribution in [2.45, 2.75) is 31.8 Å². The van der Waals surface area contributed by atoms with Gasteiger partial charge in [-0.15, -0.1) is 11.3 Å². The Labute approximate surface area is 99.6 Å². The minimum Gasteiger partial charge on any atom is -0.378 e. The van der Waals surface area contributed by atoms with Crippen LogP contribution < -0.4 is 5.32 Å². The number of halogens is 1. The highest BCUT2D eigenvalue weighted by Gasteiger charge is 2.17. The average Bonchev–Trinajstić information content (AvgIpc) is 2.62. The van der Waals surface area contributed by atoms with Crippen LogP contribution >= 0.6 is 22.9 Å². The molecule has 0 spiro atoms. The van der Waals surface area contributed by atoms with E-state index in [1.807, 2.05) is 6.07 Å². The van der Waals surface area contributed by atoms with Crippen LogP contribution in [-0.4, -0.2) is 25.3 Å². The van der Waals surface area contributed by atoms with Gasteiger partial charge in [0.1, 0.15) is 0 Å². The van der Waals surface area contributed by atoms with Gasteiger partial charge in [0.05, 0.1) is 17.6 Å². The second kappa shape index (κ2) is 5.30. The molecule has 2 nitrogen and oxygen atoms in total. The number of ether oxygens (including phenoxy) is 1. The lowest BCUT2D eigenvalue weighted by atomic mass is 10.1. The molecular weight excluding hydrogens is 230 g/mol. The molecule has 2 heterocycles. The molecule has 0 aliphatic carbocycles. The van der Waals surface area contributed by atoms with Gasteiger partial charge in [0.15, 0.2) is 0 Å². The molecule has 1 N–H and O–H groups in total. The lowest BCUT2D eigenvalue weighted by Crippen LogP contribution is -2.47. The van der Waals surface area contributed by atoms with Crippen molar-refractivity contribution in [1.82, 2.24) is 5.32 Å². The van der Waals surface area contributed by atoms with Crippen molar-refractivity contribution < 1.29 is 4.74 Å². The molecule has 0 radical (unpaired) electrons. The number of aryl methyl sites for hydroxylation is 1. The van der Waals surface area contributed by atoms with Crippen LogP contribution in [0.4, 0.5) is 0 Å². The quantitative estimate of drug-likeness (QED) is 0.884. The standard InChI is InChI=1S/C11H16ClNOS/c1-8-6-14-7-9(13-8)2-3-10-4-5-11(12)15-10/h4-5,8-9,13H,2-3,6-7H2,1H3. The lowest BCUT2D eigenvalue weighted by molar-refractivity contribution is 0.0484. The van der Waals surface area contributed by atoms with Crippen molar-refractivity contribution in [2.75, 3.05) is 13.2 Å². The highest BCUT2D eigenvalue weighted by atomic mass is 35.5. The van der Waals surface area contributed by atoms with Gasteiger partial charge in [-0.25, -0.2) is 0 Å². The largest absolute Gasteiger partial charge is 0.378 e. The summed E-state index contributed by atoms with van der Waals surface area (Å²) in [7, 11) is 0. The third kappa shape index (κ3) is 3.45. The SMILES string of the molecule is CC1COCC(CCc2ccc(Cl)s2)N1. The summed E-state index contributed by atoms with van der Waals surface area (Å²) in [4.78, 5) is 1.36. The Bertz CT molecular complexity index is 315. The monoisotopic (exact) mass is 245 g/mol. The van der Waals surface area contributed by atoms with Crippen molar-refractivity contribution in [3.8, 4) is 0 Å². The van der Waals surface area contributed by atoms with Crippen LogP contribution in [0.2, 0.25) is 4.34 Å². The van der Waals surface area contributed by atoms with Crippen LogP contribution in [0.3, 0.4) is 0 Å². The van der Waals surface area contributed by atoms with Gasteiger partial charge in [-0.2, -0.15) is 0 Å². The predicted molar refractivity (Wildman–Crippen MR) is 64.9 cm³/mol. The first-order valence-corrected chi connectivity index (χ1v) is 6.51. The van der Waals surface area contributed by atoms with Gasteiger partial charge in [0, 0.05) is 17.0 Å². The van der Waals surface area contributed by atoms with Crippen LogP contribution in [-0.2, 0) is 11.2 Å². The Hall–Kier alpha value is -0.0900. The normalized spacial score (nSPS) is 26.8. The fourth-order valence-corrected chi connectivity index (χ4v) is 2.96. The minimum absolute atomic E-state index is 0.482. The van der Waals surface area contributed by atoms with Gasteiger partial charge in [-0.05, 0) is 31.9 Å². The van der Waals surface area contributed by atoms with Crippen molar-refractivity contribution in [2.24, 2.45) is 0 Å². The number of nitrogens with one attached hydrogen (secondary N) is 1. The molecule has 2 rings (SSSR count). The summed E-state index contributed by atoms with van der Waals surface area (Å²) in [5.74, 6) is 0. The maximum absolute atomic E-state index is 5.88. The van der Waals surface area contributed by atoms with Gasteiger partial charge < -0.3 is 10.1 Å². The topological polar surface area (TPSA) is 21.3 Å². The summed E-state index contributed by atoms with van der Waals surface area (Å²) in [6, 6.07) is 5.06. The molecule has 0 aromatic carbocycles. The molecule has 84 valence electrons. The smallest absolute Gasteiger partial charge is 0.0931 e. The van der Waals surface area contributed by atoms with Gasteiger partial charge in [0.2, 0.25) is 0 Å². The second-order valence-corrected chi connectivity index (χ2v) is 5.85. The molecule has 1 aromatic heterocycles. The van der Waals surface area contributed by atoms with E-state index in [1.54, 1.807) is 11.3 Å². The Morgan fingerprint density at radius 2 is 2.40 bits per heavy atom. The van der Waals surface area contributed by atoms with E-state index < -0.39 is 0 Å². The van der Waals surface area contributed by atoms with E-state index in [-0.39, 0.29) is 0 Å². The molecule has 0 amide bonds. The van der Waals surface area contributed by atoms with E-state index >= 15 is 0 Å². The molecule has 1 aliphatic rings. The Kier molecular flexibility index (Phi) is 4.03. The van der Waals surface area contributed by atoms with Crippen molar-refractivity contribution in [3.63, 3.8) is 0 Å². The number of hydrogen-bond acceptors (Lipinski definition) is 3. The first-order valence-electron chi connectivity index (χ1n) is 5.32. The lowest BCUT2D eigenvalue weighted by Gasteiger charge is -2.28. The third-order valence-corrected chi connectivity index (χ3v) is 3.87.